The van der Waals surface area contributed by atoms with Gasteiger partial charge in [0.1, 0.15) is 0 Å². The Kier molecular flexibility index (Phi) is 3.70. The third kappa shape index (κ3) is 2.60. The molecule has 3 fully saturated rings. The summed E-state index contributed by atoms with van der Waals surface area (Å²) in [4.78, 5) is 30.3. The number of carbonyl (C=O) groups is 2. The van der Waals surface area contributed by atoms with E-state index in [1.54, 1.807) is 9.80 Å². The number of nitrogens with zero attached hydrogens (tertiary/aromatic N) is 3. The molecule has 3 heterocycles. The average Bonchev–Trinajstić information content (AvgIpc) is 2.94. The van der Waals surface area contributed by atoms with Crippen molar-refractivity contribution in [2.24, 2.45) is 0 Å². The minimum Gasteiger partial charge on any atom is -0.332 e. The lowest BCUT2D eigenvalue weighted by Gasteiger charge is -2.38. The predicted molar refractivity (Wildman–Crippen MR) is 70.6 cm³/mol. The molecule has 19 heavy (non-hydrogen) atoms. The van der Waals surface area contributed by atoms with Gasteiger partial charge >= 0.3 is 11.8 Å². The topological polar surface area (TPSA) is 55.9 Å². The number of piperazine rings is 2. The van der Waals surface area contributed by atoms with Crippen LogP contribution < -0.4 is 5.32 Å². The van der Waals surface area contributed by atoms with Gasteiger partial charge in [-0.1, -0.05) is 0 Å². The van der Waals surface area contributed by atoms with Gasteiger partial charge in [-0.15, -0.1) is 0 Å². The van der Waals surface area contributed by atoms with Crippen LogP contribution in [0.3, 0.4) is 0 Å². The van der Waals surface area contributed by atoms with Crippen LogP contribution in [0.1, 0.15) is 12.8 Å². The smallest absolute Gasteiger partial charge is 0.312 e. The largest absolute Gasteiger partial charge is 0.332 e. The number of amides is 2. The maximum Gasteiger partial charge on any atom is 0.312 e. The van der Waals surface area contributed by atoms with E-state index in [4.69, 9.17) is 0 Å². The molecule has 3 saturated heterocycles. The molecular formula is C13H22N4O2. The second-order valence-corrected chi connectivity index (χ2v) is 5.63. The van der Waals surface area contributed by atoms with E-state index < -0.39 is 0 Å². The SMILES string of the molecule is O=C(C(=O)N1CCN2CCCC2C1)N1CCNCC1. The van der Waals surface area contributed by atoms with E-state index in [2.05, 4.69) is 10.2 Å². The van der Waals surface area contributed by atoms with Crippen molar-refractivity contribution >= 4 is 11.8 Å². The van der Waals surface area contributed by atoms with Crippen LogP contribution in [0, 0.1) is 0 Å². The molecule has 3 rings (SSSR count). The second kappa shape index (κ2) is 5.46. The molecule has 0 aromatic heterocycles. The molecule has 0 radical (unpaired) electrons. The van der Waals surface area contributed by atoms with Gasteiger partial charge in [0.05, 0.1) is 0 Å². The standard InChI is InChI=1S/C13H22N4O2/c18-12(16-6-3-14-4-7-16)13(19)17-9-8-15-5-1-2-11(15)10-17/h11,14H,1-10H2. The zero-order valence-corrected chi connectivity index (χ0v) is 11.3. The first-order chi connectivity index (χ1) is 9.25. The second-order valence-electron chi connectivity index (χ2n) is 5.63. The van der Waals surface area contributed by atoms with E-state index in [0.29, 0.717) is 25.7 Å². The van der Waals surface area contributed by atoms with Crippen LogP contribution in [0.25, 0.3) is 0 Å². The minimum atomic E-state index is -0.312. The van der Waals surface area contributed by atoms with Crippen molar-refractivity contribution in [2.45, 2.75) is 18.9 Å². The van der Waals surface area contributed by atoms with E-state index in [1.807, 2.05) is 0 Å². The summed E-state index contributed by atoms with van der Waals surface area (Å²) in [5, 5.41) is 3.19. The number of carbonyl (C=O) groups excluding carboxylic acids is 2. The summed E-state index contributed by atoms with van der Waals surface area (Å²) in [6.07, 6.45) is 2.38. The van der Waals surface area contributed by atoms with Gasteiger partial charge in [-0.2, -0.15) is 0 Å². The number of hydrogen-bond donors (Lipinski definition) is 1. The van der Waals surface area contributed by atoms with Gasteiger partial charge in [-0.25, -0.2) is 0 Å². The van der Waals surface area contributed by atoms with Crippen LogP contribution >= 0.6 is 0 Å². The Balaban J connectivity index is 1.58. The fraction of sp³-hybridized carbons (Fsp3) is 0.846. The molecule has 1 N–H and O–H groups in total. The van der Waals surface area contributed by atoms with Crippen molar-refractivity contribution in [1.82, 2.24) is 20.0 Å². The molecule has 0 spiro atoms. The Hall–Kier alpha value is -1.14. The quantitative estimate of drug-likeness (QED) is 0.555. The van der Waals surface area contributed by atoms with Crippen molar-refractivity contribution in [3.8, 4) is 0 Å². The van der Waals surface area contributed by atoms with Gasteiger partial charge in [-0.3, -0.25) is 14.5 Å². The van der Waals surface area contributed by atoms with Crippen LogP contribution in [0.5, 0.6) is 0 Å². The van der Waals surface area contributed by atoms with Crippen LogP contribution in [-0.2, 0) is 9.59 Å². The van der Waals surface area contributed by atoms with E-state index in [0.717, 1.165) is 39.1 Å². The highest BCUT2D eigenvalue weighted by atomic mass is 16.2. The van der Waals surface area contributed by atoms with Crippen molar-refractivity contribution in [3.05, 3.63) is 0 Å². The molecule has 0 aromatic carbocycles. The normalized spacial score (nSPS) is 28.3. The summed E-state index contributed by atoms with van der Waals surface area (Å²) in [7, 11) is 0. The molecule has 1 atom stereocenters. The Morgan fingerprint density at radius 2 is 1.63 bits per heavy atom. The summed E-state index contributed by atoms with van der Waals surface area (Å²) in [5.74, 6) is -0.610. The molecule has 3 aliphatic rings. The van der Waals surface area contributed by atoms with E-state index >= 15 is 0 Å². The molecule has 6 heteroatoms. The number of rotatable bonds is 0. The first kappa shape index (κ1) is 12.9. The molecule has 1 unspecified atom stereocenters. The van der Waals surface area contributed by atoms with Crippen molar-refractivity contribution < 1.29 is 9.59 Å². The molecular weight excluding hydrogens is 244 g/mol. The molecule has 6 nitrogen and oxygen atoms in total. The van der Waals surface area contributed by atoms with Crippen molar-refractivity contribution in [2.75, 3.05) is 52.4 Å². The molecule has 2 amide bonds. The fourth-order valence-electron chi connectivity index (χ4n) is 3.31. The van der Waals surface area contributed by atoms with E-state index in [-0.39, 0.29) is 11.8 Å². The highest BCUT2D eigenvalue weighted by Crippen LogP contribution is 2.21. The summed E-state index contributed by atoms with van der Waals surface area (Å²) in [5.41, 5.74) is 0. The molecule has 106 valence electrons. The van der Waals surface area contributed by atoms with Crippen LogP contribution in [0.4, 0.5) is 0 Å². The average molecular weight is 266 g/mol. The predicted octanol–water partition coefficient (Wildman–Crippen LogP) is -1.28. The highest BCUT2D eigenvalue weighted by Gasteiger charge is 2.35. The number of hydrogen-bond acceptors (Lipinski definition) is 4. The Labute approximate surface area is 113 Å². The monoisotopic (exact) mass is 266 g/mol. The Morgan fingerprint density at radius 3 is 2.42 bits per heavy atom. The highest BCUT2D eigenvalue weighted by molar-refractivity contribution is 6.34. The fourth-order valence-corrected chi connectivity index (χ4v) is 3.31. The summed E-state index contributed by atoms with van der Waals surface area (Å²) >= 11 is 0. The number of fused-ring (bicyclic) bond motifs is 1. The third-order valence-corrected chi connectivity index (χ3v) is 4.46. The molecule has 0 aromatic rings. The molecule has 0 saturated carbocycles. The number of nitrogens with one attached hydrogen (secondary N) is 1. The molecule has 0 bridgehead atoms. The summed E-state index contributed by atoms with van der Waals surface area (Å²) < 4.78 is 0. The minimum absolute atomic E-state index is 0.298. The van der Waals surface area contributed by atoms with Crippen LogP contribution in [0.15, 0.2) is 0 Å². The first-order valence-electron chi connectivity index (χ1n) is 7.28. The van der Waals surface area contributed by atoms with Crippen LogP contribution in [0.2, 0.25) is 0 Å². The van der Waals surface area contributed by atoms with Crippen molar-refractivity contribution in [1.29, 1.82) is 0 Å². The molecule has 3 aliphatic heterocycles. The zero-order chi connectivity index (χ0) is 13.2. The van der Waals surface area contributed by atoms with Gasteiger partial charge in [-0.05, 0) is 19.4 Å². The zero-order valence-electron chi connectivity index (χ0n) is 11.3. The lowest BCUT2D eigenvalue weighted by molar-refractivity contribution is -0.153. The maximum absolute atomic E-state index is 12.3. The lowest BCUT2D eigenvalue weighted by Crippen LogP contribution is -2.57. The van der Waals surface area contributed by atoms with Crippen molar-refractivity contribution in [3.63, 3.8) is 0 Å². The van der Waals surface area contributed by atoms with Gasteiger partial charge in [0.25, 0.3) is 0 Å². The summed E-state index contributed by atoms with van der Waals surface area (Å²) in [6.45, 7) is 6.38. The van der Waals surface area contributed by atoms with Gasteiger partial charge in [0.2, 0.25) is 0 Å². The first-order valence-corrected chi connectivity index (χ1v) is 7.28. The summed E-state index contributed by atoms with van der Waals surface area (Å²) in [6, 6.07) is 0.480. The van der Waals surface area contributed by atoms with E-state index in [9.17, 15) is 9.59 Å². The van der Waals surface area contributed by atoms with Gasteiger partial charge in [0, 0.05) is 51.9 Å². The Bertz CT molecular complexity index is 368. The Morgan fingerprint density at radius 1 is 0.895 bits per heavy atom. The maximum atomic E-state index is 12.3. The third-order valence-electron chi connectivity index (χ3n) is 4.46. The lowest BCUT2D eigenvalue weighted by atomic mass is 10.1. The molecule has 0 aliphatic carbocycles. The van der Waals surface area contributed by atoms with Crippen LogP contribution in [-0.4, -0.2) is 84.9 Å². The van der Waals surface area contributed by atoms with Gasteiger partial charge in [0.15, 0.2) is 0 Å². The van der Waals surface area contributed by atoms with Gasteiger partial charge < -0.3 is 15.1 Å². The van der Waals surface area contributed by atoms with E-state index in [1.165, 1.54) is 6.42 Å².